The zero-order chi connectivity index (χ0) is 12.2. The summed E-state index contributed by atoms with van der Waals surface area (Å²) in [6.07, 6.45) is 7.11. The molecular formula is C13H22N2O. The minimum Gasteiger partial charge on any atom is -0.353 e. The molecule has 0 atom stereocenters. The molecule has 0 rings (SSSR count). The highest BCUT2D eigenvalue weighted by atomic mass is 16.1. The van der Waals surface area contributed by atoms with Gasteiger partial charge in [-0.05, 0) is 25.5 Å². The number of carbonyl (C=O) groups is 1. The predicted octanol–water partition coefficient (Wildman–Crippen LogP) is 1.74. The van der Waals surface area contributed by atoms with Crippen LogP contribution in [0, 0.1) is 0 Å². The van der Waals surface area contributed by atoms with Gasteiger partial charge >= 0.3 is 0 Å². The number of nitrogens with one attached hydrogen (secondary N) is 1. The highest BCUT2D eigenvalue weighted by molar-refractivity contribution is 5.86. The van der Waals surface area contributed by atoms with Crippen LogP contribution in [0.5, 0.6) is 0 Å². The van der Waals surface area contributed by atoms with Gasteiger partial charge in [0.2, 0.25) is 5.91 Å². The predicted molar refractivity (Wildman–Crippen MR) is 69.3 cm³/mol. The van der Waals surface area contributed by atoms with Gasteiger partial charge in [0, 0.05) is 19.6 Å². The van der Waals surface area contributed by atoms with Crippen LogP contribution in [0.3, 0.4) is 0 Å². The van der Waals surface area contributed by atoms with Crippen molar-refractivity contribution in [3.63, 3.8) is 0 Å². The normalized spacial score (nSPS) is 9.81. The summed E-state index contributed by atoms with van der Waals surface area (Å²) in [5.74, 6) is -0.103. The van der Waals surface area contributed by atoms with Gasteiger partial charge in [0.25, 0.3) is 0 Å². The van der Waals surface area contributed by atoms with Crippen LogP contribution in [0.2, 0.25) is 0 Å². The maximum Gasteiger partial charge on any atom is 0.243 e. The standard InChI is InChI=1S/C13H22N2O/c1-4-10-15(11-5-2)12-8-7-9-14-13(16)6-3/h4-6H,1-3,7-12H2,(H,14,16). The van der Waals surface area contributed by atoms with Crippen LogP contribution < -0.4 is 5.32 Å². The molecule has 0 aromatic rings. The lowest BCUT2D eigenvalue weighted by atomic mass is 10.3. The molecule has 0 heterocycles. The Morgan fingerprint density at radius 3 is 2.25 bits per heavy atom. The first-order valence-corrected chi connectivity index (χ1v) is 5.59. The van der Waals surface area contributed by atoms with Crippen LogP contribution in [0.4, 0.5) is 0 Å². The molecule has 0 aliphatic rings. The topological polar surface area (TPSA) is 32.3 Å². The number of amides is 1. The average Bonchev–Trinajstić information content (AvgIpc) is 2.28. The second kappa shape index (κ2) is 10.2. The smallest absolute Gasteiger partial charge is 0.243 e. The summed E-state index contributed by atoms with van der Waals surface area (Å²) in [5.41, 5.74) is 0. The Morgan fingerprint density at radius 1 is 1.12 bits per heavy atom. The fourth-order valence-electron chi connectivity index (χ4n) is 1.37. The molecule has 0 saturated carbocycles. The molecule has 0 spiro atoms. The molecule has 0 aliphatic heterocycles. The summed E-state index contributed by atoms with van der Waals surface area (Å²) in [6, 6.07) is 0. The van der Waals surface area contributed by atoms with E-state index >= 15 is 0 Å². The SMILES string of the molecule is C=CCN(CC=C)CCCCNC(=O)C=C. The Labute approximate surface area is 98.5 Å². The number of hydrogen-bond donors (Lipinski definition) is 1. The van der Waals surface area contributed by atoms with Gasteiger partial charge in [-0.15, -0.1) is 13.2 Å². The molecule has 1 amide bonds. The van der Waals surface area contributed by atoms with Gasteiger partial charge in [-0.2, -0.15) is 0 Å². The van der Waals surface area contributed by atoms with Crippen LogP contribution in [-0.4, -0.2) is 37.0 Å². The second-order valence-electron chi connectivity index (χ2n) is 3.54. The Hall–Kier alpha value is -1.35. The van der Waals surface area contributed by atoms with E-state index in [1.54, 1.807) is 0 Å². The molecular weight excluding hydrogens is 200 g/mol. The summed E-state index contributed by atoms with van der Waals surface area (Å²) >= 11 is 0. The van der Waals surface area contributed by atoms with E-state index in [1.165, 1.54) is 6.08 Å². The van der Waals surface area contributed by atoms with E-state index < -0.39 is 0 Å². The molecule has 0 aliphatic carbocycles. The Balaban J connectivity index is 3.53. The third kappa shape index (κ3) is 8.00. The number of rotatable bonds is 10. The minimum atomic E-state index is -0.103. The lowest BCUT2D eigenvalue weighted by molar-refractivity contribution is -0.116. The number of nitrogens with zero attached hydrogens (tertiary/aromatic N) is 1. The third-order valence-electron chi connectivity index (χ3n) is 2.16. The van der Waals surface area contributed by atoms with Gasteiger partial charge in [-0.1, -0.05) is 18.7 Å². The largest absolute Gasteiger partial charge is 0.353 e. The molecule has 0 unspecified atom stereocenters. The van der Waals surface area contributed by atoms with Gasteiger partial charge < -0.3 is 5.32 Å². The van der Waals surface area contributed by atoms with Crippen molar-refractivity contribution in [2.75, 3.05) is 26.2 Å². The van der Waals surface area contributed by atoms with E-state index in [-0.39, 0.29) is 5.91 Å². The Morgan fingerprint density at radius 2 is 1.75 bits per heavy atom. The number of unbranched alkanes of at least 4 members (excludes halogenated alkanes) is 1. The number of hydrogen-bond acceptors (Lipinski definition) is 2. The maximum atomic E-state index is 10.8. The molecule has 0 aromatic carbocycles. The Kier molecular flexibility index (Phi) is 9.32. The van der Waals surface area contributed by atoms with E-state index in [1.807, 2.05) is 12.2 Å². The van der Waals surface area contributed by atoms with Crippen molar-refractivity contribution in [2.45, 2.75) is 12.8 Å². The highest BCUT2D eigenvalue weighted by Crippen LogP contribution is 1.95. The molecule has 0 aromatic heterocycles. The van der Waals surface area contributed by atoms with Crippen molar-refractivity contribution in [3.8, 4) is 0 Å². The molecule has 0 fully saturated rings. The first kappa shape index (κ1) is 14.6. The van der Waals surface area contributed by atoms with Crippen LogP contribution in [-0.2, 0) is 4.79 Å². The minimum absolute atomic E-state index is 0.103. The van der Waals surface area contributed by atoms with Crippen LogP contribution >= 0.6 is 0 Å². The zero-order valence-corrected chi connectivity index (χ0v) is 9.95. The fraction of sp³-hybridized carbons (Fsp3) is 0.462. The quantitative estimate of drug-likeness (QED) is 0.347. The maximum absolute atomic E-state index is 10.8. The lowest BCUT2D eigenvalue weighted by Gasteiger charge is -2.18. The van der Waals surface area contributed by atoms with E-state index in [2.05, 4.69) is 30.0 Å². The highest BCUT2D eigenvalue weighted by Gasteiger charge is 2.00. The second-order valence-corrected chi connectivity index (χ2v) is 3.54. The summed E-state index contributed by atoms with van der Waals surface area (Å²) < 4.78 is 0. The monoisotopic (exact) mass is 222 g/mol. The van der Waals surface area contributed by atoms with Crippen molar-refractivity contribution in [2.24, 2.45) is 0 Å². The van der Waals surface area contributed by atoms with Gasteiger partial charge in [0.1, 0.15) is 0 Å². The Bertz CT molecular complexity index is 226. The molecule has 3 nitrogen and oxygen atoms in total. The summed E-state index contributed by atoms with van der Waals surface area (Å²) in [5, 5.41) is 2.75. The summed E-state index contributed by atoms with van der Waals surface area (Å²) in [7, 11) is 0. The van der Waals surface area contributed by atoms with Crippen molar-refractivity contribution in [3.05, 3.63) is 38.0 Å². The molecule has 90 valence electrons. The van der Waals surface area contributed by atoms with Crippen molar-refractivity contribution >= 4 is 5.91 Å². The molecule has 0 saturated heterocycles. The van der Waals surface area contributed by atoms with Gasteiger partial charge in [-0.25, -0.2) is 0 Å². The van der Waals surface area contributed by atoms with Crippen molar-refractivity contribution < 1.29 is 4.79 Å². The van der Waals surface area contributed by atoms with Crippen LogP contribution in [0.25, 0.3) is 0 Å². The first-order valence-electron chi connectivity index (χ1n) is 5.59. The van der Waals surface area contributed by atoms with E-state index in [4.69, 9.17) is 0 Å². The van der Waals surface area contributed by atoms with Crippen LogP contribution in [0.15, 0.2) is 38.0 Å². The van der Waals surface area contributed by atoms with Gasteiger partial charge in [0.05, 0.1) is 0 Å². The van der Waals surface area contributed by atoms with Gasteiger partial charge in [-0.3, -0.25) is 9.69 Å². The third-order valence-corrected chi connectivity index (χ3v) is 2.16. The average molecular weight is 222 g/mol. The van der Waals surface area contributed by atoms with Gasteiger partial charge in [0.15, 0.2) is 0 Å². The van der Waals surface area contributed by atoms with Crippen molar-refractivity contribution in [1.82, 2.24) is 10.2 Å². The van der Waals surface area contributed by atoms with E-state index in [9.17, 15) is 4.79 Å². The first-order chi connectivity index (χ1) is 7.74. The van der Waals surface area contributed by atoms with Crippen molar-refractivity contribution in [1.29, 1.82) is 0 Å². The van der Waals surface area contributed by atoms with E-state index in [0.29, 0.717) is 6.54 Å². The molecule has 0 bridgehead atoms. The lowest BCUT2D eigenvalue weighted by Crippen LogP contribution is -2.27. The fourth-order valence-corrected chi connectivity index (χ4v) is 1.37. The molecule has 1 N–H and O–H groups in total. The summed E-state index contributed by atoms with van der Waals surface area (Å²) in [6.45, 7) is 14.3. The number of carbonyl (C=O) groups excluding carboxylic acids is 1. The molecule has 3 heteroatoms. The summed E-state index contributed by atoms with van der Waals surface area (Å²) in [4.78, 5) is 13.1. The molecule has 0 radical (unpaired) electrons. The zero-order valence-electron chi connectivity index (χ0n) is 9.95. The van der Waals surface area contributed by atoms with E-state index in [0.717, 1.165) is 32.5 Å². The van der Waals surface area contributed by atoms with Crippen LogP contribution in [0.1, 0.15) is 12.8 Å². The molecule has 16 heavy (non-hydrogen) atoms.